The number of rotatable bonds is 4. The number of halogens is 1. The molecular weight excluding hydrogens is 311 g/mol. The summed E-state index contributed by atoms with van der Waals surface area (Å²) in [4.78, 5) is 11.4. The Morgan fingerprint density at radius 2 is 2.09 bits per heavy atom. The van der Waals surface area contributed by atoms with Crippen molar-refractivity contribution in [1.29, 1.82) is 0 Å². The number of nitrogens with zero attached hydrogens (tertiary/aromatic N) is 2. The summed E-state index contributed by atoms with van der Waals surface area (Å²) in [7, 11) is -3.87. The quantitative estimate of drug-likeness (QED) is 0.737. The Morgan fingerprint density at radius 3 is 2.82 bits per heavy atom. The molecule has 2 N–H and O–H groups in total. The average Bonchev–Trinajstić information content (AvgIpc) is 2.93. The molecule has 0 saturated heterocycles. The third-order valence-electron chi connectivity index (χ3n) is 3.13. The molecule has 0 spiro atoms. The summed E-state index contributed by atoms with van der Waals surface area (Å²) >= 11 is 0. The molecule has 9 heteroatoms. The van der Waals surface area contributed by atoms with Crippen LogP contribution in [0.25, 0.3) is 5.52 Å². The lowest BCUT2D eigenvalue weighted by Crippen LogP contribution is -2.23. The van der Waals surface area contributed by atoms with E-state index in [2.05, 4.69) is 14.9 Å². The van der Waals surface area contributed by atoms with Crippen LogP contribution in [0.5, 0.6) is 0 Å². The van der Waals surface area contributed by atoms with Gasteiger partial charge in [0.05, 0.1) is 0 Å². The maximum atomic E-state index is 13.5. The van der Waals surface area contributed by atoms with E-state index in [1.165, 1.54) is 41.2 Å². The highest BCUT2D eigenvalue weighted by molar-refractivity contribution is 7.89. The monoisotopic (exact) mass is 322 g/mol. The molecule has 0 saturated carbocycles. The third kappa shape index (κ3) is 2.63. The van der Waals surface area contributed by atoms with E-state index < -0.39 is 21.4 Å². The minimum atomic E-state index is -3.87. The van der Waals surface area contributed by atoms with Crippen molar-refractivity contribution in [2.75, 3.05) is 0 Å². The van der Waals surface area contributed by atoms with Crippen LogP contribution >= 0.6 is 0 Å². The van der Waals surface area contributed by atoms with Crippen LogP contribution in [0.4, 0.5) is 4.39 Å². The minimum absolute atomic E-state index is 0.0951. The van der Waals surface area contributed by atoms with E-state index in [0.29, 0.717) is 0 Å². The van der Waals surface area contributed by atoms with Crippen molar-refractivity contribution in [3.8, 4) is 0 Å². The van der Waals surface area contributed by atoms with E-state index >= 15 is 0 Å². The molecule has 0 aliphatic carbocycles. The Labute approximate surface area is 124 Å². The van der Waals surface area contributed by atoms with E-state index in [9.17, 15) is 17.6 Å². The van der Waals surface area contributed by atoms with Gasteiger partial charge in [0.15, 0.2) is 0 Å². The molecule has 0 aliphatic rings. The van der Waals surface area contributed by atoms with E-state index in [0.717, 1.165) is 0 Å². The number of aromatic nitrogens is 3. The number of nitrogens with one attached hydrogen (secondary N) is 2. The third-order valence-corrected chi connectivity index (χ3v) is 4.49. The first kappa shape index (κ1) is 14.4. The number of H-pyrrole nitrogens is 1. The molecule has 0 atom stereocenters. The summed E-state index contributed by atoms with van der Waals surface area (Å²) in [6.45, 7) is -0.185. The average molecular weight is 322 g/mol. The number of aromatic amines is 1. The van der Waals surface area contributed by atoms with Crippen molar-refractivity contribution in [2.45, 2.75) is 11.4 Å². The number of fused-ring (bicyclic) bond motifs is 1. The molecule has 0 fully saturated rings. The fraction of sp³-hybridized carbons (Fsp3) is 0.0769. The molecule has 0 aliphatic heterocycles. The second kappa shape index (κ2) is 5.35. The first-order valence-corrected chi connectivity index (χ1v) is 7.74. The summed E-state index contributed by atoms with van der Waals surface area (Å²) in [6, 6.07) is 7.10. The van der Waals surface area contributed by atoms with E-state index in [-0.39, 0.29) is 22.5 Å². The van der Waals surface area contributed by atoms with Crippen molar-refractivity contribution in [2.24, 2.45) is 0 Å². The highest BCUT2D eigenvalue weighted by atomic mass is 32.2. The zero-order valence-electron chi connectivity index (χ0n) is 11.2. The largest absolute Gasteiger partial charge is 0.300 e. The zero-order chi connectivity index (χ0) is 15.7. The highest BCUT2D eigenvalue weighted by Crippen LogP contribution is 2.13. The van der Waals surface area contributed by atoms with Gasteiger partial charge in [0.25, 0.3) is 5.56 Å². The van der Waals surface area contributed by atoms with Crippen LogP contribution < -0.4 is 10.3 Å². The zero-order valence-corrected chi connectivity index (χ0v) is 12.0. The maximum Gasteiger partial charge on any atom is 0.288 e. The molecule has 22 heavy (non-hydrogen) atoms. The normalized spacial score (nSPS) is 11.9. The van der Waals surface area contributed by atoms with E-state index in [4.69, 9.17) is 0 Å². The summed E-state index contributed by atoms with van der Waals surface area (Å²) in [5.41, 5.74) is -0.117. The number of sulfonamides is 1. The summed E-state index contributed by atoms with van der Waals surface area (Å²) < 4.78 is 41.5. The standard InChI is InChI=1S/C13H11FN4O3S/c14-11-4-2-1-3-9(11)6-16-22(20,21)10-5-12-13(19)17-15-8-18(12)7-10/h1-5,7-8,16H,6H2,(H,17,19). The first-order valence-electron chi connectivity index (χ1n) is 6.26. The second-order valence-electron chi connectivity index (χ2n) is 4.57. The van der Waals surface area contributed by atoms with Crippen LogP contribution in [0.3, 0.4) is 0 Å². The van der Waals surface area contributed by atoms with E-state index in [1.807, 2.05) is 0 Å². The van der Waals surface area contributed by atoms with Crippen LogP contribution in [-0.2, 0) is 16.6 Å². The fourth-order valence-corrected chi connectivity index (χ4v) is 3.01. The number of hydrogen-bond donors (Lipinski definition) is 2. The van der Waals surface area contributed by atoms with Gasteiger partial charge in [-0.3, -0.25) is 9.20 Å². The fourth-order valence-electron chi connectivity index (χ4n) is 1.98. The molecule has 0 unspecified atom stereocenters. The Balaban J connectivity index is 1.90. The Kier molecular flexibility index (Phi) is 3.51. The van der Waals surface area contributed by atoms with Gasteiger partial charge >= 0.3 is 0 Å². The SMILES string of the molecule is O=c1[nH]ncn2cc(S(=O)(=O)NCc3ccccc3F)cc12. The van der Waals surface area contributed by atoms with Gasteiger partial charge in [-0.1, -0.05) is 18.2 Å². The minimum Gasteiger partial charge on any atom is -0.300 e. The van der Waals surface area contributed by atoms with Crippen LogP contribution in [0.1, 0.15) is 5.56 Å². The predicted octanol–water partition coefficient (Wildman–Crippen LogP) is 0.640. The first-order chi connectivity index (χ1) is 10.5. The van der Waals surface area contributed by atoms with Gasteiger partial charge in [-0.2, -0.15) is 5.10 Å². The lowest BCUT2D eigenvalue weighted by molar-refractivity contribution is 0.574. The molecular formula is C13H11FN4O3S. The van der Waals surface area contributed by atoms with Crippen molar-refractivity contribution >= 4 is 15.5 Å². The molecule has 2 aromatic heterocycles. The van der Waals surface area contributed by atoms with Crippen molar-refractivity contribution in [1.82, 2.24) is 19.3 Å². The maximum absolute atomic E-state index is 13.5. The van der Waals surface area contributed by atoms with Gasteiger partial charge in [-0.05, 0) is 12.1 Å². The Morgan fingerprint density at radius 1 is 1.32 bits per heavy atom. The molecule has 7 nitrogen and oxygen atoms in total. The molecule has 3 rings (SSSR count). The Hall–Kier alpha value is -2.52. The van der Waals surface area contributed by atoms with Gasteiger partial charge in [-0.25, -0.2) is 22.6 Å². The van der Waals surface area contributed by atoms with Gasteiger partial charge in [-0.15, -0.1) is 0 Å². The molecule has 114 valence electrons. The summed E-state index contributed by atoms with van der Waals surface area (Å²) in [6.07, 6.45) is 2.55. The van der Waals surface area contributed by atoms with Gasteiger partial charge in [0, 0.05) is 18.3 Å². The van der Waals surface area contributed by atoms with Gasteiger partial charge in [0.2, 0.25) is 10.0 Å². The molecule has 3 aromatic rings. The summed E-state index contributed by atoms with van der Waals surface area (Å²) in [5, 5.41) is 5.79. The molecule has 0 bridgehead atoms. The van der Waals surface area contributed by atoms with Gasteiger partial charge in [0.1, 0.15) is 22.6 Å². The van der Waals surface area contributed by atoms with Crippen LogP contribution in [0.2, 0.25) is 0 Å². The van der Waals surface area contributed by atoms with Crippen molar-refractivity contribution < 1.29 is 12.8 Å². The van der Waals surface area contributed by atoms with E-state index in [1.54, 1.807) is 6.07 Å². The van der Waals surface area contributed by atoms with Crippen LogP contribution in [-0.4, -0.2) is 23.0 Å². The predicted molar refractivity (Wildman–Crippen MR) is 76.2 cm³/mol. The van der Waals surface area contributed by atoms with Crippen LogP contribution in [0.15, 0.2) is 52.5 Å². The van der Waals surface area contributed by atoms with Crippen molar-refractivity contribution in [3.63, 3.8) is 0 Å². The van der Waals surface area contributed by atoms with Gasteiger partial charge < -0.3 is 0 Å². The number of benzene rings is 1. The topological polar surface area (TPSA) is 96.3 Å². The lowest BCUT2D eigenvalue weighted by Gasteiger charge is -2.05. The second-order valence-corrected chi connectivity index (χ2v) is 6.34. The number of hydrogen-bond acceptors (Lipinski definition) is 4. The van der Waals surface area contributed by atoms with Crippen molar-refractivity contribution in [3.05, 3.63) is 64.6 Å². The summed E-state index contributed by atoms with van der Waals surface area (Å²) in [5.74, 6) is -0.493. The Bertz CT molecular complexity index is 994. The molecule has 0 amide bonds. The smallest absolute Gasteiger partial charge is 0.288 e. The molecule has 2 heterocycles. The molecule has 1 aromatic carbocycles. The lowest BCUT2D eigenvalue weighted by atomic mass is 10.2. The van der Waals surface area contributed by atoms with Crippen LogP contribution in [0, 0.1) is 5.82 Å². The highest BCUT2D eigenvalue weighted by Gasteiger charge is 2.17. The molecule has 0 radical (unpaired) electrons.